The topological polar surface area (TPSA) is 29.1 Å². The highest BCUT2D eigenvalue weighted by molar-refractivity contribution is 5.90. The molecule has 1 aliphatic rings. The smallest absolute Gasteiger partial charge is 0.156 e. The van der Waals surface area contributed by atoms with E-state index in [2.05, 4.69) is 5.32 Å². The van der Waals surface area contributed by atoms with Gasteiger partial charge in [-0.2, -0.15) is 0 Å². The molecule has 1 heterocycles. The fourth-order valence-electron chi connectivity index (χ4n) is 2.52. The summed E-state index contributed by atoms with van der Waals surface area (Å²) in [6.45, 7) is 4.74. The number of Topliss-reactive ketones (excluding diaryl/α,β-unsaturated/α-hetero) is 1. The van der Waals surface area contributed by atoms with Crippen LogP contribution in [0.1, 0.15) is 37.3 Å². The van der Waals surface area contributed by atoms with Crippen molar-refractivity contribution in [2.45, 2.75) is 45.1 Å². The highest BCUT2D eigenvalue weighted by atomic mass is 19.1. The molecule has 0 saturated carbocycles. The van der Waals surface area contributed by atoms with Crippen molar-refractivity contribution >= 4 is 5.78 Å². The van der Waals surface area contributed by atoms with Gasteiger partial charge < -0.3 is 5.32 Å². The summed E-state index contributed by atoms with van der Waals surface area (Å²) < 4.78 is 13.0. The third-order valence-corrected chi connectivity index (χ3v) is 3.89. The minimum Gasteiger partial charge on any atom is -0.305 e. The fraction of sp³-hybridized carbons (Fsp3) is 0.533. The van der Waals surface area contributed by atoms with Gasteiger partial charge in [-0.15, -0.1) is 0 Å². The van der Waals surface area contributed by atoms with E-state index in [9.17, 15) is 9.18 Å². The molecule has 1 aliphatic heterocycles. The molecule has 1 aromatic carbocycles. The molecule has 1 N–H and O–H groups in total. The number of ketones is 1. The Morgan fingerprint density at radius 3 is 2.83 bits per heavy atom. The Morgan fingerprint density at radius 1 is 1.44 bits per heavy atom. The van der Waals surface area contributed by atoms with Crippen LogP contribution in [0.15, 0.2) is 18.2 Å². The lowest BCUT2D eigenvalue weighted by Gasteiger charge is -2.33. The summed E-state index contributed by atoms with van der Waals surface area (Å²) in [4.78, 5) is 12.4. The van der Waals surface area contributed by atoms with E-state index in [1.807, 2.05) is 13.8 Å². The van der Waals surface area contributed by atoms with E-state index >= 15 is 0 Å². The molecule has 2 nitrogen and oxygen atoms in total. The lowest BCUT2D eigenvalue weighted by Crippen LogP contribution is -2.52. The molecule has 0 spiro atoms. The molecule has 1 unspecified atom stereocenters. The minimum absolute atomic E-state index is 0.205. The van der Waals surface area contributed by atoms with Crippen LogP contribution >= 0.6 is 0 Å². The van der Waals surface area contributed by atoms with Gasteiger partial charge in [-0.1, -0.05) is 6.07 Å². The van der Waals surface area contributed by atoms with Crippen LogP contribution in [0.2, 0.25) is 0 Å². The second kappa shape index (κ2) is 5.19. The van der Waals surface area contributed by atoms with Gasteiger partial charge in [0.05, 0.1) is 5.54 Å². The Kier molecular flexibility index (Phi) is 3.81. The Morgan fingerprint density at radius 2 is 2.22 bits per heavy atom. The summed E-state index contributed by atoms with van der Waals surface area (Å²) >= 11 is 0. The van der Waals surface area contributed by atoms with Crippen molar-refractivity contribution in [3.05, 3.63) is 35.1 Å². The molecule has 0 radical (unpaired) electrons. The largest absolute Gasteiger partial charge is 0.305 e. The monoisotopic (exact) mass is 249 g/mol. The minimum atomic E-state index is -0.404. The van der Waals surface area contributed by atoms with E-state index in [-0.39, 0.29) is 11.6 Å². The molecular formula is C15H20FNO. The Hall–Kier alpha value is -1.22. The van der Waals surface area contributed by atoms with Crippen molar-refractivity contribution in [3.63, 3.8) is 0 Å². The van der Waals surface area contributed by atoms with E-state index in [1.165, 1.54) is 12.1 Å². The highest BCUT2D eigenvalue weighted by Gasteiger charge is 2.33. The zero-order chi connectivity index (χ0) is 13.2. The average molecular weight is 249 g/mol. The molecule has 0 amide bonds. The maximum absolute atomic E-state index is 13.0. The molecule has 1 fully saturated rings. The van der Waals surface area contributed by atoms with Gasteiger partial charge in [0.25, 0.3) is 0 Å². The van der Waals surface area contributed by atoms with Gasteiger partial charge >= 0.3 is 0 Å². The molecule has 18 heavy (non-hydrogen) atoms. The van der Waals surface area contributed by atoms with Crippen LogP contribution in [-0.4, -0.2) is 17.9 Å². The molecule has 1 saturated heterocycles. The van der Waals surface area contributed by atoms with Crippen molar-refractivity contribution < 1.29 is 9.18 Å². The van der Waals surface area contributed by atoms with Gasteiger partial charge in [-0.3, -0.25) is 4.79 Å². The third kappa shape index (κ3) is 2.78. The van der Waals surface area contributed by atoms with Crippen LogP contribution in [0, 0.1) is 12.7 Å². The van der Waals surface area contributed by atoms with Crippen molar-refractivity contribution in [3.8, 4) is 0 Å². The molecule has 1 aromatic rings. The zero-order valence-electron chi connectivity index (χ0n) is 11.1. The molecule has 0 aliphatic carbocycles. The number of carbonyl (C=O) groups is 1. The highest BCUT2D eigenvalue weighted by Crippen LogP contribution is 2.22. The quantitative estimate of drug-likeness (QED) is 0.892. The van der Waals surface area contributed by atoms with Gasteiger partial charge in [0, 0.05) is 6.42 Å². The normalized spacial score (nSPS) is 23.9. The van der Waals surface area contributed by atoms with Crippen LogP contribution in [0.3, 0.4) is 0 Å². The van der Waals surface area contributed by atoms with Crippen molar-refractivity contribution in [1.29, 1.82) is 0 Å². The lowest BCUT2D eigenvalue weighted by molar-refractivity contribution is -0.125. The van der Waals surface area contributed by atoms with Crippen LogP contribution < -0.4 is 5.32 Å². The number of rotatable bonds is 3. The third-order valence-electron chi connectivity index (χ3n) is 3.89. The number of piperidine rings is 1. The second-order valence-corrected chi connectivity index (χ2v) is 5.39. The van der Waals surface area contributed by atoms with Gasteiger partial charge in [0.2, 0.25) is 0 Å². The summed E-state index contributed by atoms with van der Waals surface area (Å²) in [5.74, 6) is -0.0392. The summed E-state index contributed by atoms with van der Waals surface area (Å²) in [5, 5.41) is 3.32. The number of nitrogens with one attached hydrogen (secondary N) is 1. The van der Waals surface area contributed by atoms with Crippen LogP contribution in [0.5, 0.6) is 0 Å². The van der Waals surface area contributed by atoms with E-state index in [1.54, 1.807) is 6.07 Å². The van der Waals surface area contributed by atoms with E-state index in [4.69, 9.17) is 0 Å². The lowest BCUT2D eigenvalue weighted by atomic mass is 9.83. The van der Waals surface area contributed by atoms with Crippen LogP contribution in [-0.2, 0) is 11.2 Å². The molecule has 2 rings (SSSR count). The van der Waals surface area contributed by atoms with Gasteiger partial charge in [0.1, 0.15) is 5.82 Å². The summed E-state index contributed by atoms with van der Waals surface area (Å²) in [6.07, 6.45) is 3.51. The number of aryl methyl sites for hydroxylation is 1. The summed E-state index contributed by atoms with van der Waals surface area (Å²) in [5.41, 5.74) is 1.37. The second-order valence-electron chi connectivity index (χ2n) is 5.39. The Balaban J connectivity index is 2.11. The number of carbonyl (C=O) groups excluding carboxylic acids is 1. The summed E-state index contributed by atoms with van der Waals surface area (Å²) in [6, 6.07) is 4.63. The Bertz CT molecular complexity index is 450. The fourth-order valence-corrected chi connectivity index (χ4v) is 2.52. The first-order chi connectivity index (χ1) is 8.51. The number of halogens is 1. The predicted molar refractivity (Wildman–Crippen MR) is 70.1 cm³/mol. The first-order valence-electron chi connectivity index (χ1n) is 6.55. The van der Waals surface area contributed by atoms with E-state index in [0.29, 0.717) is 6.42 Å². The SMILES string of the molecule is Cc1cc(F)ccc1CC(=O)C1(C)CCCCN1. The molecule has 0 bridgehead atoms. The maximum atomic E-state index is 13.0. The maximum Gasteiger partial charge on any atom is 0.156 e. The van der Waals surface area contributed by atoms with Crippen molar-refractivity contribution in [2.75, 3.05) is 6.54 Å². The summed E-state index contributed by atoms with van der Waals surface area (Å²) in [7, 11) is 0. The molecule has 98 valence electrons. The number of benzene rings is 1. The number of hydrogen-bond donors (Lipinski definition) is 1. The van der Waals surface area contributed by atoms with E-state index < -0.39 is 5.54 Å². The van der Waals surface area contributed by atoms with Crippen molar-refractivity contribution in [2.24, 2.45) is 0 Å². The molecule has 0 aromatic heterocycles. The molecular weight excluding hydrogens is 229 g/mol. The predicted octanol–water partition coefficient (Wildman–Crippen LogP) is 2.78. The van der Waals surface area contributed by atoms with Crippen LogP contribution in [0.4, 0.5) is 4.39 Å². The molecule has 1 atom stereocenters. The van der Waals surface area contributed by atoms with Gasteiger partial charge in [0.15, 0.2) is 5.78 Å². The zero-order valence-corrected chi connectivity index (χ0v) is 11.1. The Labute approximate surface area is 108 Å². The van der Waals surface area contributed by atoms with Crippen molar-refractivity contribution in [1.82, 2.24) is 5.32 Å². The van der Waals surface area contributed by atoms with Gasteiger partial charge in [-0.05, 0) is 62.9 Å². The first kappa shape index (κ1) is 13.2. The number of hydrogen-bond acceptors (Lipinski definition) is 2. The van der Waals surface area contributed by atoms with Crippen LogP contribution in [0.25, 0.3) is 0 Å². The van der Waals surface area contributed by atoms with E-state index in [0.717, 1.165) is 36.9 Å². The first-order valence-corrected chi connectivity index (χ1v) is 6.55. The average Bonchev–Trinajstić information content (AvgIpc) is 2.33. The standard InChI is InChI=1S/C15H20FNO/c1-11-9-13(16)6-5-12(11)10-14(18)15(2)7-3-4-8-17-15/h5-6,9,17H,3-4,7-8,10H2,1-2H3. The molecule has 3 heteroatoms. The van der Waals surface area contributed by atoms with Gasteiger partial charge in [-0.25, -0.2) is 4.39 Å².